The molecule has 2 aromatic carbocycles. The van der Waals surface area contributed by atoms with Crippen LogP contribution in [0.25, 0.3) is 0 Å². The lowest BCUT2D eigenvalue weighted by molar-refractivity contribution is -0.116. The Morgan fingerprint density at radius 3 is 2.23 bits per heavy atom. The van der Waals surface area contributed by atoms with Crippen LogP contribution in [0.1, 0.15) is 16.8 Å². The number of carbonyl (C=O) groups excluding carboxylic acids is 2. The highest BCUT2D eigenvalue weighted by Crippen LogP contribution is 2.30. The number of hydrogen-bond acceptors (Lipinski definition) is 4. The van der Waals surface area contributed by atoms with Gasteiger partial charge in [0, 0.05) is 22.2 Å². The number of benzene rings is 2. The van der Waals surface area contributed by atoms with Crippen molar-refractivity contribution in [1.29, 1.82) is 0 Å². The second-order valence-corrected chi connectivity index (χ2v) is 8.72. The van der Waals surface area contributed by atoms with Crippen molar-refractivity contribution in [3.63, 3.8) is 0 Å². The SMILES string of the molecule is O=C(Nc1cc(Cl)cc(Cl)c1)c1ccc(N2C(=O)CCS2(=O)=O)cc1Cl. The largest absolute Gasteiger partial charge is 0.322 e. The van der Waals surface area contributed by atoms with E-state index in [0.29, 0.717) is 20.0 Å². The molecule has 1 saturated heterocycles. The Labute approximate surface area is 164 Å². The van der Waals surface area contributed by atoms with Crippen molar-refractivity contribution in [2.75, 3.05) is 15.4 Å². The molecule has 1 heterocycles. The minimum atomic E-state index is -3.70. The minimum Gasteiger partial charge on any atom is -0.322 e. The Hall–Kier alpha value is -1.80. The standard InChI is InChI=1S/C16H11Cl3N2O4S/c17-9-5-10(18)7-11(6-9)20-16(23)13-2-1-12(8-14(13)19)21-15(22)3-4-26(21,24)25/h1-2,5-8H,3-4H2,(H,20,23). The number of nitrogens with one attached hydrogen (secondary N) is 1. The van der Waals surface area contributed by atoms with Crippen molar-refractivity contribution in [1.82, 2.24) is 0 Å². The molecule has 1 fully saturated rings. The van der Waals surface area contributed by atoms with Crippen molar-refractivity contribution in [2.45, 2.75) is 6.42 Å². The monoisotopic (exact) mass is 432 g/mol. The molecular formula is C16H11Cl3N2O4S. The first kappa shape index (κ1) is 19.0. The zero-order chi connectivity index (χ0) is 19.1. The first-order valence-corrected chi connectivity index (χ1v) is 10.0. The number of anilines is 2. The van der Waals surface area contributed by atoms with Gasteiger partial charge in [0.15, 0.2) is 0 Å². The van der Waals surface area contributed by atoms with E-state index in [9.17, 15) is 18.0 Å². The van der Waals surface area contributed by atoms with Crippen LogP contribution in [0.5, 0.6) is 0 Å². The van der Waals surface area contributed by atoms with E-state index in [1.165, 1.54) is 36.4 Å². The molecule has 136 valence electrons. The number of halogens is 3. The van der Waals surface area contributed by atoms with Gasteiger partial charge in [-0.3, -0.25) is 9.59 Å². The zero-order valence-electron chi connectivity index (χ0n) is 13.0. The van der Waals surface area contributed by atoms with Crippen molar-refractivity contribution in [2.24, 2.45) is 0 Å². The van der Waals surface area contributed by atoms with Gasteiger partial charge < -0.3 is 5.32 Å². The maximum absolute atomic E-state index is 12.4. The van der Waals surface area contributed by atoms with E-state index in [-0.39, 0.29) is 28.4 Å². The third-order valence-electron chi connectivity index (χ3n) is 3.63. The summed E-state index contributed by atoms with van der Waals surface area (Å²) in [5.41, 5.74) is 0.584. The normalized spacial score (nSPS) is 16.0. The highest BCUT2D eigenvalue weighted by atomic mass is 35.5. The number of nitrogens with zero attached hydrogens (tertiary/aromatic N) is 1. The Morgan fingerprint density at radius 1 is 1.04 bits per heavy atom. The van der Waals surface area contributed by atoms with E-state index < -0.39 is 21.8 Å². The van der Waals surface area contributed by atoms with Crippen LogP contribution < -0.4 is 9.62 Å². The highest BCUT2D eigenvalue weighted by molar-refractivity contribution is 7.94. The van der Waals surface area contributed by atoms with Crippen molar-refractivity contribution in [3.05, 3.63) is 57.0 Å². The van der Waals surface area contributed by atoms with Gasteiger partial charge in [0.1, 0.15) is 0 Å². The zero-order valence-corrected chi connectivity index (χ0v) is 16.1. The summed E-state index contributed by atoms with van der Waals surface area (Å²) in [5.74, 6) is -1.32. The summed E-state index contributed by atoms with van der Waals surface area (Å²) < 4.78 is 24.6. The number of amides is 2. The Morgan fingerprint density at radius 2 is 1.69 bits per heavy atom. The van der Waals surface area contributed by atoms with E-state index in [0.717, 1.165) is 0 Å². The molecule has 0 unspecified atom stereocenters. The molecule has 2 amide bonds. The fourth-order valence-electron chi connectivity index (χ4n) is 2.51. The predicted molar refractivity (Wildman–Crippen MR) is 102 cm³/mol. The van der Waals surface area contributed by atoms with Crippen LogP contribution in [-0.2, 0) is 14.8 Å². The molecule has 2 aromatic rings. The van der Waals surface area contributed by atoms with Gasteiger partial charge in [-0.25, -0.2) is 12.7 Å². The summed E-state index contributed by atoms with van der Waals surface area (Å²) in [6.07, 6.45) is -0.0856. The van der Waals surface area contributed by atoms with Crippen LogP contribution in [-0.4, -0.2) is 26.0 Å². The molecule has 0 bridgehead atoms. The van der Waals surface area contributed by atoms with Crippen molar-refractivity contribution >= 4 is 68.0 Å². The van der Waals surface area contributed by atoms with Crippen LogP contribution in [0.2, 0.25) is 15.1 Å². The van der Waals surface area contributed by atoms with Crippen LogP contribution >= 0.6 is 34.8 Å². The number of carbonyl (C=O) groups is 2. The quantitative estimate of drug-likeness (QED) is 0.794. The molecule has 6 nitrogen and oxygen atoms in total. The van der Waals surface area contributed by atoms with Crippen molar-refractivity contribution in [3.8, 4) is 0 Å². The lowest BCUT2D eigenvalue weighted by Gasteiger charge is -2.16. The highest BCUT2D eigenvalue weighted by Gasteiger charge is 2.36. The lowest BCUT2D eigenvalue weighted by Crippen LogP contribution is -2.29. The average Bonchev–Trinajstić information content (AvgIpc) is 2.79. The Bertz CT molecular complexity index is 1000. The first-order valence-electron chi connectivity index (χ1n) is 7.30. The van der Waals surface area contributed by atoms with Crippen LogP contribution in [0.4, 0.5) is 11.4 Å². The topological polar surface area (TPSA) is 83.6 Å². The van der Waals surface area contributed by atoms with Crippen LogP contribution in [0, 0.1) is 0 Å². The van der Waals surface area contributed by atoms with E-state index >= 15 is 0 Å². The number of rotatable bonds is 3. The smallest absolute Gasteiger partial charge is 0.257 e. The second kappa shape index (κ2) is 7.08. The van der Waals surface area contributed by atoms with Crippen LogP contribution in [0.3, 0.4) is 0 Å². The summed E-state index contributed by atoms with van der Waals surface area (Å²) >= 11 is 17.9. The molecule has 0 saturated carbocycles. The Kier molecular flexibility index (Phi) is 5.16. The van der Waals surface area contributed by atoms with E-state index in [4.69, 9.17) is 34.8 Å². The van der Waals surface area contributed by atoms with Gasteiger partial charge >= 0.3 is 0 Å². The van der Waals surface area contributed by atoms with E-state index in [1.807, 2.05) is 0 Å². The molecule has 0 atom stereocenters. The minimum absolute atomic E-state index is 0.00280. The van der Waals surface area contributed by atoms with E-state index in [2.05, 4.69) is 5.32 Å². The molecule has 10 heteroatoms. The van der Waals surface area contributed by atoms with Crippen molar-refractivity contribution < 1.29 is 18.0 Å². The van der Waals surface area contributed by atoms with Gasteiger partial charge in [0.05, 0.1) is 22.0 Å². The maximum atomic E-state index is 12.4. The third-order valence-corrected chi connectivity index (χ3v) is 6.07. The predicted octanol–water partition coefficient (Wildman–Crippen LogP) is 3.97. The first-order chi connectivity index (χ1) is 12.2. The van der Waals surface area contributed by atoms with Crippen LogP contribution in [0.15, 0.2) is 36.4 Å². The van der Waals surface area contributed by atoms with Gasteiger partial charge in [0.25, 0.3) is 5.91 Å². The summed E-state index contributed by atoms with van der Waals surface area (Å²) in [5, 5.41) is 3.31. The van der Waals surface area contributed by atoms with Gasteiger partial charge in [0.2, 0.25) is 15.9 Å². The Balaban J connectivity index is 1.88. The molecular weight excluding hydrogens is 423 g/mol. The lowest BCUT2D eigenvalue weighted by atomic mass is 10.1. The third kappa shape index (κ3) is 3.81. The van der Waals surface area contributed by atoms with Gasteiger partial charge in [-0.05, 0) is 36.4 Å². The van der Waals surface area contributed by atoms with Gasteiger partial charge in [-0.1, -0.05) is 34.8 Å². The fraction of sp³-hybridized carbons (Fsp3) is 0.125. The molecule has 1 aliphatic heterocycles. The molecule has 0 aromatic heterocycles. The summed E-state index contributed by atoms with van der Waals surface area (Å²) in [7, 11) is -3.70. The summed E-state index contributed by atoms with van der Waals surface area (Å²) in [4.78, 5) is 24.2. The average molecular weight is 434 g/mol. The molecule has 1 aliphatic rings. The molecule has 26 heavy (non-hydrogen) atoms. The molecule has 0 radical (unpaired) electrons. The van der Waals surface area contributed by atoms with E-state index in [1.54, 1.807) is 0 Å². The van der Waals surface area contributed by atoms with Gasteiger partial charge in [-0.15, -0.1) is 0 Å². The molecule has 1 N–H and O–H groups in total. The summed E-state index contributed by atoms with van der Waals surface area (Å²) in [6, 6.07) is 8.52. The molecule has 0 aliphatic carbocycles. The summed E-state index contributed by atoms with van der Waals surface area (Å²) in [6.45, 7) is 0. The fourth-order valence-corrected chi connectivity index (χ4v) is 4.75. The molecule has 0 spiro atoms. The maximum Gasteiger partial charge on any atom is 0.257 e. The molecule has 3 rings (SSSR count). The second-order valence-electron chi connectivity index (χ2n) is 5.50. The van der Waals surface area contributed by atoms with Gasteiger partial charge in [-0.2, -0.15) is 0 Å². The number of sulfonamides is 1. The number of hydrogen-bond donors (Lipinski definition) is 1.